The van der Waals surface area contributed by atoms with E-state index < -0.39 is 5.82 Å². The lowest BCUT2D eigenvalue weighted by molar-refractivity contribution is 0.387. The number of aromatic nitrogens is 1. The number of aryl methyl sites for hydroxylation is 2. The Morgan fingerprint density at radius 1 is 1.30 bits per heavy atom. The van der Waals surface area contributed by atoms with Gasteiger partial charge in [-0.25, -0.2) is 9.37 Å². The van der Waals surface area contributed by atoms with Crippen molar-refractivity contribution in [3.63, 3.8) is 0 Å². The predicted molar refractivity (Wildman–Crippen MR) is 74.7 cm³/mol. The molecule has 0 unspecified atom stereocenters. The van der Waals surface area contributed by atoms with Crippen LogP contribution in [-0.2, 0) is 0 Å². The minimum absolute atomic E-state index is 0.137. The van der Waals surface area contributed by atoms with Gasteiger partial charge in [-0.3, -0.25) is 0 Å². The molecule has 1 N–H and O–H groups in total. The van der Waals surface area contributed by atoms with E-state index in [2.05, 4.69) is 16.4 Å². The van der Waals surface area contributed by atoms with Gasteiger partial charge in [0, 0.05) is 17.4 Å². The molecule has 0 bridgehead atoms. The zero-order valence-corrected chi connectivity index (χ0v) is 11.5. The second-order valence-electron chi connectivity index (χ2n) is 4.39. The molecule has 0 saturated carbocycles. The number of nitriles is 1. The van der Waals surface area contributed by atoms with Crippen molar-refractivity contribution in [2.24, 2.45) is 0 Å². The van der Waals surface area contributed by atoms with Crippen molar-refractivity contribution < 1.29 is 9.13 Å². The summed E-state index contributed by atoms with van der Waals surface area (Å²) in [6, 6.07) is 8.36. The first kappa shape index (κ1) is 13.8. The maximum Gasteiger partial charge on any atom is 0.165 e. The van der Waals surface area contributed by atoms with E-state index >= 15 is 0 Å². The normalized spacial score (nSPS) is 9.95. The minimum atomic E-state index is -0.438. The molecule has 2 rings (SSSR count). The van der Waals surface area contributed by atoms with Crippen molar-refractivity contribution >= 4 is 11.5 Å². The van der Waals surface area contributed by atoms with E-state index in [1.165, 1.54) is 19.2 Å². The number of pyridine rings is 1. The van der Waals surface area contributed by atoms with Crippen LogP contribution in [0.25, 0.3) is 0 Å². The molecule has 0 aliphatic rings. The zero-order chi connectivity index (χ0) is 14.7. The maximum absolute atomic E-state index is 13.4. The van der Waals surface area contributed by atoms with Crippen LogP contribution in [0.2, 0.25) is 0 Å². The van der Waals surface area contributed by atoms with Crippen LogP contribution in [0, 0.1) is 31.0 Å². The van der Waals surface area contributed by atoms with E-state index in [4.69, 9.17) is 4.74 Å². The first-order valence-corrected chi connectivity index (χ1v) is 6.04. The topological polar surface area (TPSA) is 57.9 Å². The molecule has 102 valence electrons. The Morgan fingerprint density at radius 2 is 2.05 bits per heavy atom. The molecule has 4 nitrogen and oxygen atoms in total. The Morgan fingerprint density at radius 3 is 2.70 bits per heavy atom. The monoisotopic (exact) mass is 271 g/mol. The molecule has 0 spiro atoms. The summed E-state index contributed by atoms with van der Waals surface area (Å²) in [6.07, 6.45) is 0. The average molecular weight is 271 g/mol. The third-order valence-electron chi connectivity index (χ3n) is 2.87. The molecule has 20 heavy (non-hydrogen) atoms. The summed E-state index contributed by atoms with van der Waals surface area (Å²) in [7, 11) is 1.40. The molecule has 0 aliphatic carbocycles. The molecule has 1 aromatic heterocycles. The first-order valence-electron chi connectivity index (χ1n) is 6.04. The summed E-state index contributed by atoms with van der Waals surface area (Å²) in [4.78, 5) is 4.31. The van der Waals surface area contributed by atoms with E-state index in [1.54, 1.807) is 6.07 Å². The van der Waals surface area contributed by atoms with Gasteiger partial charge in [0.2, 0.25) is 0 Å². The summed E-state index contributed by atoms with van der Waals surface area (Å²) in [5.74, 6) is 0.156. The van der Waals surface area contributed by atoms with Crippen molar-refractivity contribution in [3.8, 4) is 11.8 Å². The molecule has 0 radical (unpaired) electrons. The summed E-state index contributed by atoms with van der Waals surface area (Å²) < 4.78 is 18.3. The van der Waals surface area contributed by atoms with Crippen LogP contribution in [0.3, 0.4) is 0 Å². The quantitative estimate of drug-likeness (QED) is 0.928. The van der Waals surface area contributed by atoms with Crippen molar-refractivity contribution in [3.05, 3.63) is 46.9 Å². The summed E-state index contributed by atoms with van der Waals surface area (Å²) >= 11 is 0. The second-order valence-corrected chi connectivity index (χ2v) is 4.39. The lowest BCUT2D eigenvalue weighted by Crippen LogP contribution is -2.01. The predicted octanol–water partition coefficient (Wildman–Crippen LogP) is 3.46. The van der Waals surface area contributed by atoms with Crippen molar-refractivity contribution in [2.45, 2.75) is 13.8 Å². The van der Waals surface area contributed by atoms with Crippen LogP contribution in [0.4, 0.5) is 15.9 Å². The van der Waals surface area contributed by atoms with Crippen molar-refractivity contribution in [2.75, 3.05) is 12.4 Å². The van der Waals surface area contributed by atoms with E-state index in [1.807, 2.05) is 19.9 Å². The minimum Gasteiger partial charge on any atom is -0.494 e. The highest BCUT2D eigenvalue weighted by Gasteiger charge is 2.10. The van der Waals surface area contributed by atoms with Crippen molar-refractivity contribution in [1.29, 1.82) is 5.26 Å². The van der Waals surface area contributed by atoms with Gasteiger partial charge in [-0.2, -0.15) is 5.26 Å². The number of methoxy groups -OCH3 is 1. The summed E-state index contributed by atoms with van der Waals surface area (Å²) in [6.45, 7) is 3.70. The van der Waals surface area contributed by atoms with Gasteiger partial charge < -0.3 is 10.1 Å². The third kappa shape index (κ3) is 2.69. The molecule has 1 heterocycles. The number of hydrogen-bond donors (Lipinski definition) is 1. The van der Waals surface area contributed by atoms with Crippen LogP contribution < -0.4 is 10.1 Å². The van der Waals surface area contributed by atoms with E-state index in [0.29, 0.717) is 17.1 Å². The molecule has 2 aromatic rings. The molecule has 1 aromatic carbocycles. The third-order valence-corrected chi connectivity index (χ3v) is 2.87. The molecule has 0 fully saturated rings. The Kier molecular flexibility index (Phi) is 3.85. The first-order chi connectivity index (χ1) is 9.55. The molecule has 5 heteroatoms. The number of anilines is 2. The number of nitrogens with zero attached hydrogens (tertiary/aromatic N) is 2. The Labute approximate surface area is 116 Å². The van der Waals surface area contributed by atoms with E-state index in [-0.39, 0.29) is 5.75 Å². The van der Waals surface area contributed by atoms with E-state index in [0.717, 1.165) is 11.3 Å². The number of benzene rings is 1. The number of hydrogen-bond acceptors (Lipinski definition) is 4. The molecule has 0 atom stereocenters. The van der Waals surface area contributed by atoms with Crippen LogP contribution >= 0.6 is 0 Å². The molecule has 0 amide bonds. The van der Waals surface area contributed by atoms with E-state index in [9.17, 15) is 9.65 Å². The highest BCUT2D eigenvalue weighted by atomic mass is 19.1. The molecular weight excluding hydrogens is 257 g/mol. The Hall–Kier alpha value is -2.61. The van der Waals surface area contributed by atoms with Crippen LogP contribution in [0.5, 0.6) is 5.75 Å². The second kappa shape index (κ2) is 5.57. The number of halogens is 1. The van der Waals surface area contributed by atoms with Crippen LogP contribution in [-0.4, -0.2) is 12.1 Å². The number of ether oxygens (including phenoxy) is 1. The van der Waals surface area contributed by atoms with Gasteiger partial charge in [0.1, 0.15) is 11.9 Å². The largest absolute Gasteiger partial charge is 0.494 e. The van der Waals surface area contributed by atoms with Gasteiger partial charge >= 0.3 is 0 Å². The summed E-state index contributed by atoms with van der Waals surface area (Å²) in [5.41, 5.74) is 2.73. The summed E-state index contributed by atoms with van der Waals surface area (Å²) in [5, 5.41) is 12.2. The molecule has 0 saturated heterocycles. The maximum atomic E-state index is 13.4. The fourth-order valence-corrected chi connectivity index (χ4v) is 1.94. The van der Waals surface area contributed by atoms with Gasteiger partial charge in [-0.1, -0.05) is 0 Å². The average Bonchev–Trinajstić information content (AvgIpc) is 2.40. The smallest absolute Gasteiger partial charge is 0.165 e. The van der Waals surface area contributed by atoms with Crippen molar-refractivity contribution in [1.82, 2.24) is 4.98 Å². The van der Waals surface area contributed by atoms with Crippen LogP contribution in [0.15, 0.2) is 24.3 Å². The molecular formula is C15H14FN3O. The Balaban J connectivity index is 2.42. The van der Waals surface area contributed by atoms with Gasteiger partial charge in [-0.15, -0.1) is 0 Å². The Bertz CT molecular complexity index is 692. The fourth-order valence-electron chi connectivity index (χ4n) is 1.94. The van der Waals surface area contributed by atoms with Crippen LogP contribution in [0.1, 0.15) is 16.8 Å². The lowest BCUT2D eigenvalue weighted by atomic mass is 10.1. The van der Waals surface area contributed by atoms with Gasteiger partial charge in [0.05, 0.1) is 12.7 Å². The standard InChI is InChI=1S/C15H14FN3O/c1-9-6-10(2)18-15(12(9)8-17)19-11-4-5-13(16)14(7-11)20-3/h4-7H,1-3H3,(H,18,19). The van der Waals surface area contributed by atoms with Gasteiger partial charge in [-0.05, 0) is 37.6 Å². The van der Waals surface area contributed by atoms with Gasteiger partial charge in [0.15, 0.2) is 11.6 Å². The van der Waals surface area contributed by atoms with Gasteiger partial charge in [0.25, 0.3) is 0 Å². The number of nitrogens with one attached hydrogen (secondary N) is 1. The zero-order valence-electron chi connectivity index (χ0n) is 11.5. The SMILES string of the molecule is COc1cc(Nc2nc(C)cc(C)c2C#N)ccc1F. The lowest BCUT2D eigenvalue weighted by Gasteiger charge is -2.11. The highest BCUT2D eigenvalue weighted by Crippen LogP contribution is 2.26. The fraction of sp³-hybridized carbons (Fsp3) is 0.200. The molecule has 0 aliphatic heterocycles. The number of rotatable bonds is 3. The highest BCUT2D eigenvalue weighted by molar-refractivity contribution is 5.65.